The summed E-state index contributed by atoms with van der Waals surface area (Å²) < 4.78 is 0. The Labute approximate surface area is 119 Å². The van der Waals surface area contributed by atoms with Crippen LogP contribution in [-0.4, -0.2) is 0 Å². The number of fused-ring (bicyclic) bond motifs is 5. The van der Waals surface area contributed by atoms with E-state index >= 15 is 0 Å². The fraction of sp³-hybridized carbons (Fsp3) is 1.00. The van der Waals surface area contributed by atoms with E-state index in [2.05, 4.69) is 13.8 Å². The van der Waals surface area contributed by atoms with Crippen LogP contribution in [0, 0.1) is 47.3 Å². The van der Waals surface area contributed by atoms with Crippen LogP contribution in [0.5, 0.6) is 0 Å². The van der Waals surface area contributed by atoms with Crippen molar-refractivity contribution in [3.05, 3.63) is 0 Å². The number of rotatable bonds is 0. The number of hydrogen-bond donors (Lipinski definition) is 0. The summed E-state index contributed by atoms with van der Waals surface area (Å²) in [7, 11) is 0. The van der Waals surface area contributed by atoms with Crippen LogP contribution in [0.4, 0.5) is 0 Å². The van der Waals surface area contributed by atoms with Gasteiger partial charge in [-0.15, -0.1) is 0 Å². The van der Waals surface area contributed by atoms with Crippen LogP contribution < -0.4 is 0 Å². The Morgan fingerprint density at radius 2 is 1.32 bits per heavy atom. The minimum absolute atomic E-state index is 1.03. The zero-order chi connectivity index (χ0) is 13.0. The first kappa shape index (κ1) is 12.7. The minimum atomic E-state index is 1.03. The van der Waals surface area contributed by atoms with Gasteiger partial charge >= 0.3 is 0 Å². The van der Waals surface area contributed by atoms with Crippen molar-refractivity contribution < 1.29 is 0 Å². The normalized spacial score (nSPS) is 57.2. The van der Waals surface area contributed by atoms with Gasteiger partial charge in [-0.25, -0.2) is 0 Å². The fourth-order valence-electron chi connectivity index (χ4n) is 7.32. The summed E-state index contributed by atoms with van der Waals surface area (Å²) >= 11 is 0. The maximum Gasteiger partial charge on any atom is -0.0326 e. The SMILES string of the molecule is CC1CC(C)C2C1CCC1C3CCCCC3CCC12. The van der Waals surface area contributed by atoms with E-state index < -0.39 is 0 Å². The Balaban J connectivity index is 1.58. The molecule has 0 saturated heterocycles. The fourth-order valence-corrected chi connectivity index (χ4v) is 7.32. The molecular formula is C19H32. The Hall–Kier alpha value is 0. The highest BCUT2D eigenvalue weighted by atomic mass is 14.6. The molecular weight excluding hydrogens is 228 g/mol. The van der Waals surface area contributed by atoms with E-state index in [-0.39, 0.29) is 0 Å². The predicted molar refractivity (Wildman–Crippen MR) is 80.8 cm³/mol. The van der Waals surface area contributed by atoms with Gasteiger partial charge in [0.05, 0.1) is 0 Å². The maximum atomic E-state index is 2.58. The van der Waals surface area contributed by atoms with Gasteiger partial charge in [0.1, 0.15) is 0 Å². The molecule has 4 fully saturated rings. The van der Waals surface area contributed by atoms with Crippen molar-refractivity contribution in [3.63, 3.8) is 0 Å². The molecule has 0 bridgehead atoms. The highest BCUT2D eigenvalue weighted by Crippen LogP contribution is 2.60. The lowest BCUT2D eigenvalue weighted by Gasteiger charge is -2.53. The lowest BCUT2D eigenvalue weighted by molar-refractivity contribution is -0.0331. The van der Waals surface area contributed by atoms with Gasteiger partial charge in [0.25, 0.3) is 0 Å². The smallest absolute Gasteiger partial charge is 0.0326 e. The number of hydrogen-bond acceptors (Lipinski definition) is 0. The van der Waals surface area contributed by atoms with Gasteiger partial charge in [-0.2, -0.15) is 0 Å². The highest BCUT2D eigenvalue weighted by molar-refractivity contribution is 5.01. The molecule has 0 nitrogen and oxygen atoms in total. The molecule has 4 aliphatic carbocycles. The van der Waals surface area contributed by atoms with Crippen LogP contribution in [-0.2, 0) is 0 Å². The molecule has 0 heteroatoms. The summed E-state index contributed by atoms with van der Waals surface area (Å²) in [6.45, 7) is 5.13. The average Bonchev–Trinajstić information content (AvgIpc) is 2.74. The zero-order valence-electron chi connectivity index (χ0n) is 13.0. The third-order valence-electron chi connectivity index (χ3n) is 7.89. The predicted octanol–water partition coefficient (Wildman–Crippen LogP) is 5.52. The second-order valence-corrected chi connectivity index (χ2v) is 8.62. The van der Waals surface area contributed by atoms with Crippen LogP contribution in [0.1, 0.15) is 71.6 Å². The van der Waals surface area contributed by atoms with E-state index in [1.54, 1.807) is 44.9 Å². The van der Waals surface area contributed by atoms with E-state index in [0.29, 0.717) is 0 Å². The van der Waals surface area contributed by atoms with Gasteiger partial charge in [0.2, 0.25) is 0 Å². The molecule has 0 heterocycles. The summed E-state index contributed by atoms with van der Waals surface area (Å²) in [6.07, 6.45) is 14.2. The molecule has 0 aromatic carbocycles. The molecule has 108 valence electrons. The van der Waals surface area contributed by atoms with Crippen molar-refractivity contribution >= 4 is 0 Å². The Morgan fingerprint density at radius 1 is 0.579 bits per heavy atom. The lowest BCUT2D eigenvalue weighted by Crippen LogP contribution is -2.45. The summed E-state index contributed by atoms with van der Waals surface area (Å²) in [5.74, 6) is 8.87. The van der Waals surface area contributed by atoms with Gasteiger partial charge < -0.3 is 0 Å². The van der Waals surface area contributed by atoms with E-state index in [0.717, 1.165) is 47.3 Å². The average molecular weight is 260 g/mol. The molecule has 0 spiro atoms. The lowest BCUT2D eigenvalue weighted by atomic mass is 9.53. The van der Waals surface area contributed by atoms with E-state index in [1.807, 2.05) is 0 Å². The van der Waals surface area contributed by atoms with Gasteiger partial charge in [-0.1, -0.05) is 33.1 Å². The van der Waals surface area contributed by atoms with Crippen LogP contribution in [0.15, 0.2) is 0 Å². The molecule has 0 amide bonds. The van der Waals surface area contributed by atoms with Crippen molar-refractivity contribution in [1.29, 1.82) is 0 Å². The molecule has 0 radical (unpaired) electrons. The second kappa shape index (κ2) is 4.78. The van der Waals surface area contributed by atoms with Crippen LogP contribution >= 0.6 is 0 Å². The van der Waals surface area contributed by atoms with Crippen LogP contribution in [0.25, 0.3) is 0 Å². The van der Waals surface area contributed by atoms with Gasteiger partial charge in [-0.05, 0) is 85.9 Å². The van der Waals surface area contributed by atoms with E-state index in [1.165, 1.54) is 12.8 Å². The molecule has 8 atom stereocenters. The summed E-state index contributed by atoms with van der Waals surface area (Å²) in [6, 6.07) is 0. The summed E-state index contributed by atoms with van der Waals surface area (Å²) in [5.41, 5.74) is 0. The molecule has 0 aliphatic heterocycles. The molecule has 0 aromatic heterocycles. The summed E-state index contributed by atoms with van der Waals surface area (Å²) in [4.78, 5) is 0. The molecule has 8 unspecified atom stereocenters. The van der Waals surface area contributed by atoms with E-state index in [4.69, 9.17) is 0 Å². The van der Waals surface area contributed by atoms with Crippen LogP contribution in [0.3, 0.4) is 0 Å². The van der Waals surface area contributed by atoms with Crippen molar-refractivity contribution in [2.45, 2.75) is 71.6 Å². The Bertz CT molecular complexity index is 333. The largest absolute Gasteiger partial charge is 0.0622 e. The molecule has 4 saturated carbocycles. The quantitative estimate of drug-likeness (QED) is 0.538. The van der Waals surface area contributed by atoms with Crippen molar-refractivity contribution in [2.24, 2.45) is 47.3 Å². The third kappa shape index (κ3) is 1.92. The topological polar surface area (TPSA) is 0 Å². The highest BCUT2D eigenvalue weighted by Gasteiger charge is 2.52. The van der Waals surface area contributed by atoms with Gasteiger partial charge in [0.15, 0.2) is 0 Å². The van der Waals surface area contributed by atoms with Crippen LogP contribution in [0.2, 0.25) is 0 Å². The third-order valence-corrected chi connectivity index (χ3v) is 7.89. The monoisotopic (exact) mass is 260 g/mol. The van der Waals surface area contributed by atoms with Crippen molar-refractivity contribution in [2.75, 3.05) is 0 Å². The van der Waals surface area contributed by atoms with E-state index in [9.17, 15) is 0 Å². The molecule has 0 aromatic rings. The summed E-state index contributed by atoms with van der Waals surface area (Å²) in [5, 5.41) is 0. The van der Waals surface area contributed by atoms with Gasteiger partial charge in [0, 0.05) is 0 Å². The standard InChI is InChI=1S/C19H32/c1-12-11-13(2)19-15(12)9-10-17-16-6-4-3-5-14(16)7-8-18(17)19/h12-19H,3-11H2,1-2H3. The van der Waals surface area contributed by atoms with Gasteiger partial charge in [-0.3, -0.25) is 0 Å². The van der Waals surface area contributed by atoms with Crippen molar-refractivity contribution in [3.8, 4) is 0 Å². The molecule has 0 N–H and O–H groups in total. The zero-order valence-corrected chi connectivity index (χ0v) is 13.0. The first-order chi connectivity index (χ1) is 9.25. The molecule has 19 heavy (non-hydrogen) atoms. The maximum absolute atomic E-state index is 2.58. The first-order valence-corrected chi connectivity index (χ1v) is 9.25. The Kier molecular flexibility index (Phi) is 3.20. The molecule has 4 aliphatic rings. The minimum Gasteiger partial charge on any atom is -0.0622 e. The molecule has 4 rings (SSSR count). The second-order valence-electron chi connectivity index (χ2n) is 8.62. The Morgan fingerprint density at radius 3 is 2.21 bits per heavy atom. The van der Waals surface area contributed by atoms with Crippen molar-refractivity contribution in [1.82, 2.24) is 0 Å². The first-order valence-electron chi connectivity index (χ1n) is 9.25.